The van der Waals surface area contributed by atoms with E-state index >= 15 is 0 Å². The van der Waals surface area contributed by atoms with Gasteiger partial charge in [0.05, 0.1) is 19.4 Å². The molecule has 3 aliphatic rings. The van der Waals surface area contributed by atoms with Crippen LogP contribution < -0.4 is 30.7 Å². The summed E-state index contributed by atoms with van der Waals surface area (Å²) in [5, 5.41) is 2.84. The standard InChI is InChI=1S/C62H73BN2SSi/c1-38-32-52-55-53(33-38)65(51-37-48-47(61(11,12)30-31-62(48,13)14)36-45(51)39-18-26-44(27-19-39)67(15,16)17)50-28-22-42(60(8,9)10)35-49(50)63(55)57-56(46-34-41(59(5,6)7)23-29-54(46)66-57)64(52)43-24-20-40(21-25-43)58(2,3)4/h18-29,32-37H,30-31H2,1-17H3. The first-order chi connectivity index (χ1) is 31.1. The minimum absolute atomic E-state index is 0.0173. The SMILES string of the molecule is Cc1cc2c3c(c1)N(c1ccc(C(C)(C)C)cc1)c1c(sc4ccc(C(C)(C)C)cc14)B3c1cc(C(C)(C)C)ccc1N2c1cc2c(cc1-c1ccc([Si](C)(C)C)cc1)C(C)(C)CCC2(C)C. The number of rotatable bonds is 4. The second-order valence-electron chi connectivity index (χ2n) is 25.9. The van der Waals surface area contributed by atoms with Crippen LogP contribution in [0.5, 0.6) is 0 Å². The Hall–Kier alpha value is -4.84. The van der Waals surface area contributed by atoms with Crippen LogP contribution in [0.1, 0.15) is 136 Å². The second kappa shape index (κ2) is 15.1. The van der Waals surface area contributed by atoms with Crippen molar-refractivity contribution in [3.8, 4) is 11.1 Å². The molecule has 0 unspecified atom stereocenters. The number of fused-ring (bicyclic) bond motifs is 7. The summed E-state index contributed by atoms with van der Waals surface area (Å²) in [7, 11) is -1.52. The molecule has 0 bridgehead atoms. The molecule has 0 saturated heterocycles. The molecule has 3 heterocycles. The summed E-state index contributed by atoms with van der Waals surface area (Å²) in [5.74, 6) is 0. The fraction of sp³-hybridized carbons (Fsp3) is 0.387. The highest BCUT2D eigenvalue weighted by Crippen LogP contribution is 2.54. The molecular weight excluding hydrogens is 844 g/mol. The van der Waals surface area contributed by atoms with Crippen molar-refractivity contribution >= 4 is 91.2 Å². The summed E-state index contributed by atoms with van der Waals surface area (Å²) in [4.78, 5) is 5.36. The Balaban J connectivity index is 1.33. The Morgan fingerprint density at radius 1 is 0.552 bits per heavy atom. The van der Waals surface area contributed by atoms with E-state index in [2.05, 4.69) is 236 Å². The molecule has 5 heteroatoms. The lowest BCUT2D eigenvalue weighted by Gasteiger charge is -2.46. The first kappa shape index (κ1) is 45.9. The molecule has 0 atom stereocenters. The predicted octanol–water partition coefficient (Wildman–Crippen LogP) is 15.7. The summed E-state index contributed by atoms with van der Waals surface area (Å²) >= 11 is 2.01. The zero-order chi connectivity index (χ0) is 48.1. The number of thiophene rings is 1. The van der Waals surface area contributed by atoms with Crippen molar-refractivity contribution < 1.29 is 0 Å². The smallest absolute Gasteiger partial charge is 0.264 e. The number of benzene rings is 6. The minimum Gasteiger partial charge on any atom is -0.311 e. The molecule has 0 saturated carbocycles. The van der Waals surface area contributed by atoms with Crippen LogP contribution in [0.15, 0.2) is 109 Å². The van der Waals surface area contributed by atoms with Crippen LogP contribution in [0, 0.1) is 6.92 Å². The third-order valence-corrected chi connectivity index (χ3v) is 19.1. The van der Waals surface area contributed by atoms with Gasteiger partial charge in [0.2, 0.25) is 0 Å². The second-order valence-corrected chi connectivity index (χ2v) is 32.1. The van der Waals surface area contributed by atoms with Crippen molar-refractivity contribution in [1.82, 2.24) is 0 Å². The minimum atomic E-state index is -1.52. The van der Waals surface area contributed by atoms with E-state index in [4.69, 9.17) is 0 Å². The lowest BCUT2D eigenvalue weighted by molar-refractivity contribution is 0.332. The van der Waals surface area contributed by atoms with E-state index in [1.807, 2.05) is 11.3 Å². The number of hydrogen-bond donors (Lipinski definition) is 0. The molecule has 0 radical (unpaired) electrons. The van der Waals surface area contributed by atoms with E-state index in [-0.39, 0.29) is 33.8 Å². The molecule has 1 aliphatic carbocycles. The zero-order valence-electron chi connectivity index (χ0n) is 43.7. The van der Waals surface area contributed by atoms with Crippen LogP contribution in [0.25, 0.3) is 21.2 Å². The highest BCUT2D eigenvalue weighted by atomic mass is 32.1. The largest absolute Gasteiger partial charge is 0.311 e. The van der Waals surface area contributed by atoms with Crippen LogP contribution in [-0.4, -0.2) is 14.8 Å². The molecule has 6 aromatic carbocycles. The van der Waals surface area contributed by atoms with Crippen LogP contribution in [0.2, 0.25) is 19.6 Å². The van der Waals surface area contributed by atoms with Crippen molar-refractivity contribution in [3.63, 3.8) is 0 Å². The van der Waals surface area contributed by atoms with Gasteiger partial charge in [-0.05, 0) is 151 Å². The fourth-order valence-corrected chi connectivity index (χ4v) is 13.8. The lowest BCUT2D eigenvalue weighted by atomic mass is 9.36. The highest BCUT2D eigenvalue weighted by Gasteiger charge is 2.47. The Labute approximate surface area is 409 Å². The Morgan fingerprint density at radius 2 is 1.09 bits per heavy atom. The van der Waals surface area contributed by atoms with Crippen molar-refractivity contribution in [2.45, 2.75) is 156 Å². The maximum atomic E-state index is 2.71. The van der Waals surface area contributed by atoms with Gasteiger partial charge in [0.15, 0.2) is 0 Å². The Morgan fingerprint density at radius 3 is 1.67 bits per heavy atom. The monoisotopic (exact) mass is 917 g/mol. The van der Waals surface area contributed by atoms with Gasteiger partial charge in [-0.2, -0.15) is 0 Å². The first-order valence-electron chi connectivity index (χ1n) is 25.0. The van der Waals surface area contributed by atoms with Gasteiger partial charge in [-0.3, -0.25) is 0 Å². The third kappa shape index (κ3) is 7.57. The first-order valence-corrected chi connectivity index (χ1v) is 29.3. The highest BCUT2D eigenvalue weighted by molar-refractivity contribution is 7.33. The summed E-state index contributed by atoms with van der Waals surface area (Å²) in [5.41, 5.74) is 21.6. The van der Waals surface area contributed by atoms with E-state index in [0.717, 1.165) is 0 Å². The normalized spacial score (nSPS) is 16.5. The van der Waals surface area contributed by atoms with Gasteiger partial charge >= 0.3 is 0 Å². The van der Waals surface area contributed by atoms with Gasteiger partial charge in [-0.15, -0.1) is 11.3 Å². The average molecular weight is 917 g/mol. The van der Waals surface area contributed by atoms with Gasteiger partial charge < -0.3 is 9.80 Å². The number of aryl methyl sites for hydroxylation is 1. The predicted molar refractivity (Wildman–Crippen MR) is 300 cm³/mol. The average Bonchev–Trinajstić information content (AvgIpc) is 3.62. The van der Waals surface area contributed by atoms with E-state index in [0.29, 0.717) is 0 Å². The van der Waals surface area contributed by atoms with Crippen molar-refractivity contribution in [2.75, 3.05) is 9.80 Å². The molecular formula is C62H73BN2SSi. The van der Waals surface area contributed by atoms with Crippen molar-refractivity contribution in [1.29, 1.82) is 0 Å². The Kier molecular flexibility index (Phi) is 10.3. The summed E-state index contributed by atoms with van der Waals surface area (Å²) in [6.07, 6.45) is 2.34. The molecule has 0 N–H and O–H groups in total. The molecule has 0 amide bonds. The number of nitrogens with zero attached hydrogens (tertiary/aromatic N) is 2. The molecule has 1 aromatic heterocycles. The topological polar surface area (TPSA) is 6.48 Å². The maximum absolute atomic E-state index is 2.71. The molecule has 0 spiro atoms. The third-order valence-electron chi connectivity index (χ3n) is 15.8. The van der Waals surface area contributed by atoms with Gasteiger partial charge in [-0.1, -0.05) is 169 Å². The van der Waals surface area contributed by atoms with E-state index in [9.17, 15) is 0 Å². The van der Waals surface area contributed by atoms with Crippen molar-refractivity contribution in [2.24, 2.45) is 0 Å². The molecule has 2 aliphatic heterocycles. The number of anilines is 6. The van der Waals surface area contributed by atoms with E-state index < -0.39 is 8.07 Å². The molecule has 7 aromatic rings. The van der Waals surface area contributed by atoms with Crippen LogP contribution in [-0.2, 0) is 27.1 Å². The molecule has 0 fully saturated rings. The molecule has 10 rings (SSSR count). The van der Waals surface area contributed by atoms with Gasteiger partial charge in [0.25, 0.3) is 6.71 Å². The Bertz CT molecular complexity index is 3120. The molecule has 2 nitrogen and oxygen atoms in total. The molecule has 67 heavy (non-hydrogen) atoms. The van der Waals surface area contributed by atoms with Crippen LogP contribution in [0.4, 0.5) is 34.1 Å². The lowest BCUT2D eigenvalue weighted by Crippen LogP contribution is -2.60. The fourth-order valence-electron chi connectivity index (χ4n) is 11.4. The quantitative estimate of drug-likeness (QED) is 0.162. The van der Waals surface area contributed by atoms with E-state index in [1.165, 1.54) is 122 Å². The van der Waals surface area contributed by atoms with Gasteiger partial charge in [-0.25, -0.2) is 0 Å². The summed E-state index contributed by atoms with van der Waals surface area (Å²) in [6, 6.07) is 44.3. The van der Waals surface area contributed by atoms with Crippen molar-refractivity contribution in [3.05, 3.63) is 143 Å². The zero-order valence-corrected chi connectivity index (χ0v) is 45.5. The van der Waals surface area contributed by atoms with Gasteiger partial charge in [0, 0.05) is 43.2 Å². The van der Waals surface area contributed by atoms with Gasteiger partial charge in [0.1, 0.15) is 0 Å². The van der Waals surface area contributed by atoms with Crippen LogP contribution >= 0.6 is 11.3 Å². The molecule has 344 valence electrons. The summed E-state index contributed by atoms with van der Waals surface area (Å²) < 4.78 is 2.78. The van der Waals surface area contributed by atoms with Crippen LogP contribution in [0.3, 0.4) is 0 Å². The number of hydrogen-bond acceptors (Lipinski definition) is 3. The summed E-state index contributed by atoms with van der Waals surface area (Å²) in [6.45, 7) is 40.8. The van der Waals surface area contributed by atoms with E-state index in [1.54, 1.807) is 0 Å². The maximum Gasteiger partial charge on any atom is 0.264 e.